The van der Waals surface area contributed by atoms with Gasteiger partial charge in [-0.3, -0.25) is 4.79 Å². The van der Waals surface area contributed by atoms with Crippen LogP contribution in [0, 0.1) is 0 Å². The molecule has 2 N–H and O–H groups in total. The highest BCUT2D eigenvalue weighted by molar-refractivity contribution is 5.69. The van der Waals surface area contributed by atoms with E-state index in [4.69, 9.17) is 4.74 Å². The fraction of sp³-hybridized carbons (Fsp3) is 0.957. The molecule has 0 aromatic heterocycles. The molecule has 27 heavy (non-hydrogen) atoms. The quantitative estimate of drug-likeness (QED) is 0.188. The van der Waals surface area contributed by atoms with Crippen molar-refractivity contribution in [2.75, 3.05) is 33.3 Å². The van der Waals surface area contributed by atoms with Crippen molar-refractivity contribution in [1.82, 2.24) is 10.6 Å². The molecule has 0 aliphatic carbocycles. The number of esters is 1. The maximum Gasteiger partial charge on any atom is 0.305 e. The van der Waals surface area contributed by atoms with Crippen LogP contribution in [0.25, 0.3) is 0 Å². The Balaban J connectivity index is 3.11. The molecule has 0 saturated carbocycles. The van der Waals surface area contributed by atoms with Crippen LogP contribution in [0.1, 0.15) is 110 Å². The van der Waals surface area contributed by atoms with Gasteiger partial charge in [0.2, 0.25) is 0 Å². The summed E-state index contributed by atoms with van der Waals surface area (Å²) in [7, 11) is 1.97. The molecule has 0 radical (unpaired) electrons. The second kappa shape index (κ2) is 23.4. The summed E-state index contributed by atoms with van der Waals surface area (Å²) in [6.07, 6.45) is 20.0. The molecule has 0 aliphatic heterocycles. The lowest BCUT2D eigenvalue weighted by Gasteiger charge is -2.06. The Morgan fingerprint density at radius 2 is 1.19 bits per heavy atom. The van der Waals surface area contributed by atoms with Crippen LogP contribution < -0.4 is 10.6 Å². The summed E-state index contributed by atoms with van der Waals surface area (Å²) in [4.78, 5) is 11.6. The summed E-state index contributed by atoms with van der Waals surface area (Å²) in [6, 6.07) is 0. The fourth-order valence-electron chi connectivity index (χ4n) is 3.25. The number of carbonyl (C=O) groups excluding carboxylic acids is 1. The van der Waals surface area contributed by atoms with E-state index < -0.39 is 0 Å². The van der Waals surface area contributed by atoms with Crippen LogP contribution in [-0.2, 0) is 9.53 Å². The molecular weight excluding hydrogens is 336 g/mol. The van der Waals surface area contributed by atoms with Gasteiger partial charge in [0.05, 0.1) is 6.61 Å². The standard InChI is InChI=1S/C23H48N2O2/c1-3-4-5-6-7-8-9-10-11-12-13-14-15-22-27-23(26)18-16-20-25-21-17-19-24-2/h24-25H,3-22H2,1-2H3. The fourth-order valence-corrected chi connectivity index (χ4v) is 3.25. The van der Waals surface area contributed by atoms with Gasteiger partial charge in [-0.05, 0) is 45.9 Å². The molecule has 0 unspecified atom stereocenters. The van der Waals surface area contributed by atoms with E-state index in [1.807, 2.05) is 7.05 Å². The van der Waals surface area contributed by atoms with Crippen LogP contribution in [0.5, 0.6) is 0 Å². The third-order valence-corrected chi connectivity index (χ3v) is 5.03. The van der Waals surface area contributed by atoms with Gasteiger partial charge in [-0.15, -0.1) is 0 Å². The molecule has 0 fully saturated rings. The minimum Gasteiger partial charge on any atom is -0.466 e. The van der Waals surface area contributed by atoms with Crippen molar-refractivity contribution >= 4 is 5.97 Å². The van der Waals surface area contributed by atoms with Gasteiger partial charge in [0.25, 0.3) is 0 Å². The van der Waals surface area contributed by atoms with Gasteiger partial charge in [0.15, 0.2) is 0 Å². The predicted molar refractivity (Wildman–Crippen MR) is 117 cm³/mol. The lowest BCUT2D eigenvalue weighted by molar-refractivity contribution is -0.143. The summed E-state index contributed by atoms with van der Waals surface area (Å²) in [5, 5.41) is 6.47. The molecule has 0 saturated heterocycles. The van der Waals surface area contributed by atoms with E-state index in [9.17, 15) is 4.79 Å². The number of unbranched alkanes of at least 4 members (excludes halogenated alkanes) is 12. The second-order valence-electron chi connectivity index (χ2n) is 7.77. The van der Waals surface area contributed by atoms with Crippen LogP contribution in [0.4, 0.5) is 0 Å². The van der Waals surface area contributed by atoms with Crippen molar-refractivity contribution in [2.45, 2.75) is 110 Å². The molecule has 0 aromatic rings. The number of nitrogens with one attached hydrogen (secondary N) is 2. The SMILES string of the molecule is CCCCCCCCCCCCCCCOC(=O)CCCNCCCNC. The first kappa shape index (κ1) is 26.4. The molecule has 0 amide bonds. The molecule has 0 spiro atoms. The van der Waals surface area contributed by atoms with Gasteiger partial charge in [0.1, 0.15) is 0 Å². The Hall–Kier alpha value is -0.610. The van der Waals surface area contributed by atoms with Gasteiger partial charge in [-0.25, -0.2) is 0 Å². The first-order chi connectivity index (χ1) is 13.3. The van der Waals surface area contributed by atoms with Crippen molar-refractivity contribution in [3.63, 3.8) is 0 Å². The molecule has 4 nitrogen and oxygen atoms in total. The van der Waals surface area contributed by atoms with E-state index in [1.165, 1.54) is 77.0 Å². The minimum absolute atomic E-state index is 0.0361. The van der Waals surface area contributed by atoms with Crippen molar-refractivity contribution in [3.8, 4) is 0 Å². The number of rotatable bonds is 22. The van der Waals surface area contributed by atoms with Crippen molar-refractivity contribution in [2.24, 2.45) is 0 Å². The van der Waals surface area contributed by atoms with Gasteiger partial charge in [-0.1, -0.05) is 84.0 Å². The summed E-state index contributed by atoms with van der Waals surface area (Å²) in [5.74, 6) is -0.0361. The molecule has 4 heteroatoms. The van der Waals surface area contributed by atoms with Gasteiger partial charge >= 0.3 is 5.97 Å². The first-order valence-corrected chi connectivity index (χ1v) is 11.8. The van der Waals surface area contributed by atoms with Crippen LogP contribution >= 0.6 is 0 Å². The molecule has 0 atom stereocenters. The number of carbonyl (C=O) groups is 1. The molecule has 162 valence electrons. The Kier molecular flexibility index (Phi) is 22.9. The first-order valence-electron chi connectivity index (χ1n) is 11.8. The monoisotopic (exact) mass is 384 g/mol. The zero-order chi connectivity index (χ0) is 19.8. The molecule has 0 heterocycles. The van der Waals surface area contributed by atoms with E-state index in [0.29, 0.717) is 13.0 Å². The van der Waals surface area contributed by atoms with E-state index in [1.54, 1.807) is 0 Å². The van der Waals surface area contributed by atoms with E-state index in [0.717, 1.165) is 38.9 Å². The summed E-state index contributed by atoms with van der Waals surface area (Å²) >= 11 is 0. The summed E-state index contributed by atoms with van der Waals surface area (Å²) in [5.41, 5.74) is 0. The highest BCUT2D eigenvalue weighted by Gasteiger charge is 2.02. The van der Waals surface area contributed by atoms with Gasteiger partial charge in [0, 0.05) is 6.42 Å². The lowest BCUT2D eigenvalue weighted by atomic mass is 10.0. The number of hydrogen-bond acceptors (Lipinski definition) is 4. The maximum atomic E-state index is 11.6. The molecule has 0 bridgehead atoms. The minimum atomic E-state index is -0.0361. The zero-order valence-corrected chi connectivity index (χ0v) is 18.5. The second-order valence-corrected chi connectivity index (χ2v) is 7.77. The third-order valence-electron chi connectivity index (χ3n) is 5.03. The van der Waals surface area contributed by atoms with Gasteiger partial charge in [-0.2, -0.15) is 0 Å². The maximum absolute atomic E-state index is 11.6. The largest absolute Gasteiger partial charge is 0.466 e. The van der Waals surface area contributed by atoms with Gasteiger partial charge < -0.3 is 15.4 Å². The Labute approximate surface area is 169 Å². The Morgan fingerprint density at radius 1 is 0.667 bits per heavy atom. The van der Waals surface area contributed by atoms with Crippen LogP contribution in [0.3, 0.4) is 0 Å². The average Bonchev–Trinajstić information content (AvgIpc) is 2.67. The molecule has 0 rings (SSSR count). The number of ether oxygens (including phenoxy) is 1. The van der Waals surface area contributed by atoms with Crippen LogP contribution in [0.15, 0.2) is 0 Å². The summed E-state index contributed by atoms with van der Waals surface area (Å²) < 4.78 is 5.31. The highest BCUT2D eigenvalue weighted by Crippen LogP contribution is 2.12. The number of hydrogen-bond donors (Lipinski definition) is 2. The normalized spacial score (nSPS) is 11.0. The lowest BCUT2D eigenvalue weighted by Crippen LogP contribution is -2.21. The van der Waals surface area contributed by atoms with E-state index in [2.05, 4.69) is 17.6 Å². The summed E-state index contributed by atoms with van der Waals surface area (Å²) in [6.45, 7) is 5.82. The molecule has 0 aromatic carbocycles. The average molecular weight is 385 g/mol. The van der Waals surface area contributed by atoms with E-state index >= 15 is 0 Å². The van der Waals surface area contributed by atoms with Crippen molar-refractivity contribution in [1.29, 1.82) is 0 Å². The van der Waals surface area contributed by atoms with Crippen LogP contribution in [0.2, 0.25) is 0 Å². The topological polar surface area (TPSA) is 50.4 Å². The van der Waals surface area contributed by atoms with Crippen LogP contribution in [-0.4, -0.2) is 39.3 Å². The molecule has 0 aliphatic rings. The van der Waals surface area contributed by atoms with E-state index in [-0.39, 0.29) is 5.97 Å². The smallest absolute Gasteiger partial charge is 0.305 e. The zero-order valence-electron chi connectivity index (χ0n) is 18.5. The third kappa shape index (κ3) is 23.4. The molecular formula is C23H48N2O2. The highest BCUT2D eigenvalue weighted by atomic mass is 16.5. The van der Waals surface area contributed by atoms with Crippen molar-refractivity contribution < 1.29 is 9.53 Å². The Bertz CT molecular complexity index is 298. The Morgan fingerprint density at radius 3 is 1.74 bits per heavy atom. The predicted octanol–water partition coefficient (Wildman–Crippen LogP) is 5.60. The van der Waals surface area contributed by atoms with Crippen molar-refractivity contribution in [3.05, 3.63) is 0 Å².